The molecule has 1 heterocycles. The molecular formula is C13H15FN2O3. The lowest BCUT2D eigenvalue weighted by molar-refractivity contribution is 0.268. The van der Waals surface area contributed by atoms with E-state index in [2.05, 4.69) is 10.1 Å². The van der Waals surface area contributed by atoms with Gasteiger partial charge in [0, 0.05) is 6.42 Å². The largest absolute Gasteiger partial charge is 0.482 e. The van der Waals surface area contributed by atoms with Crippen LogP contribution in [0.4, 0.5) is 4.39 Å². The number of hydrogen-bond acceptors (Lipinski definition) is 5. The van der Waals surface area contributed by atoms with Crippen LogP contribution in [0.2, 0.25) is 0 Å². The molecule has 0 saturated carbocycles. The van der Waals surface area contributed by atoms with Gasteiger partial charge < -0.3 is 14.4 Å². The van der Waals surface area contributed by atoms with E-state index < -0.39 is 5.82 Å². The van der Waals surface area contributed by atoms with E-state index in [1.807, 2.05) is 6.92 Å². The molecule has 2 rings (SSSR count). The molecule has 102 valence electrons. The summed E-state index contributed by atoms with van der Waals surface area (Å²) in [6.07, 6.45) is 1.63. The van der Waals surface area contributed by atoms with Gasteiger partial charge in [0.1, 0.15) is 0 Å². The first kappa shape index (κ1) is 13.5. The number of hydrogen-bond donors (Lipinski definition) is 1. The van der Waals surface area contributed by atoms with Crippen LogP contribution in [-0.2, 0) is 19.6 Å². The molecule has 0 saturated heterocycles. The second-order valence-corrected chi connectivity index (χ2v) is 4.07. The number of aryl methyl sites for hydroxylation is 1. The molecule has 1 aromatic carbocycles. The summed E-state index contributed by atoms with van der Waals surface area (Å²) in [5.41, 5.74) is 0.495. The van der Waals surface area contributed by atoms with Crippen LogP contribution in [-0.4, -0.2) is 15.2 Å². The maximum Gasteiger partial charge on any atom is 0.226 e. The first-order chi connectivity index (χ1) is 9.22. The van der Waals surface area contributed by atoms with Crippen molar-refractivity contribution in [1.82, 2.24) is 10.1 Å². The Morgan fingerprint density at radius 1 is 1.42 bits per heavy atom. The van der Waals surface area contributed by atoms with Crippen molar-refractivity contribution in [2.75, 3.05) is 0 Å². The third-order valence-corrected chi connectivity index (χ3v) is 2.51. The van der Waals surface area contributed by atoms with Crippen molar-refractivity contribution >= 4 is 0 Å². The topological polar surface area (TPSA) is 68.4 Å². The Bertz CT molecular complexity index is 542. The molecule has 1 N–H and O–H groups in total. The van der Waals surface area contributed by atoms with Crippen LogP contribution in [0.5, 0.6) is 5.75 Å². The van der Waals surface area contributed by atoms with Gasteiger partial charge in [0.2, 0.25) is 11.7 Å². The quantitative estimate of drug-likeness (QED) is 0.868. The Kier molecular flexibility index (Phi) is 4.46. The highest BCUT2D eigenvalue weighted by molar-refractivity contribution is 5.29. The standard InChI is InChI=1S/C13H15FN2O3/c1-2-3-13-15-12(16-19-13)8-18-11-5-4-9(7-17)6-10(11)14/h4-6,17H,2-3,7-8H2,1H3. The number of rotatable bonds is 6. The van der Waals surface area contributed by atoms with E-state index in [1.165, 1.54) is 12.1 Å². The van der Waals surface area contributed by atoms with Gasteiger partial charge >= 0.3 is 0 Å². The molecule has 0 unspecified atom stereocenters. The fraction of sp³-hybridized carbons (Fsp3) is 0.385. The highest BCUT2D eigenvalue weighted by Gasteiger charge is 2.09. The average Bonchev–Trinajstić information content (AvgIpc) is 2.85. The summed E-state index contributed by atoms with van der Waals surface area (Å²) in [5, 5.41) is 12.6. The Morgan fingerprint density at radius 3 is 2.95 bits per heavy atom. The normalized spacial score (nSPS) is 10.7. The first-order valence-electron chi connectivity index (χ1n) is 6.06. The first-order valence-corrected chi connectivity index (χ1v) is 6.06. The van der Waals surface area contributed by atoms with Crippen molar-refractivity contribution in [2.24, 2.45) is 0 Å². The van der Waals surface area contributed by atoms with Gasteiger partial charge in [-0.25, -0.2) is 4.39 Å². The van der Waals surface area contributed by atoms with Gasteiger partial charge in [0.25, 0.3) is 0 Å². The van der Waals surface area contributed by atoms with E-state index in [0.717, 1.165) is 6.42 Å². The molecule has 2 aromatic rings. The molecule has 6 heteroatoms. The number of halogens is 1. The predicted molar refractivity (Wildman–Crippen MR) is 64.9 cm³/mol. The maximum atomic E-state index is 13.6. The van der Waals surface area contributed by atoms with E-state index in [-0.39, 0.29) is 19.0 Å². The molecule has 0 spiro atoms. The minimum Gasteiger partial charge on any atom is -0.482 e. The summed E-state index contributed by atoms with van der Waals surface area (Å²) in [5.74, 6) is 0.508. The molecule has 0 aliphatic heterocycles. The zero-order valence-corrected chi connectivity index (χ0v) is 10.6. The number of aliphatic hydroxyl groups is 1. The molecule has 1 aromatic heterocycles. The summed E-state index contributed by atoms with van der Waals surface area (Å²) in [6, 6.07) is 4.29. The van der Waals surface area contributed by atoms with Crippen LogP contribution in [0.3, 0.4) is 0 Å². The Labute approximate surface area is 110 Å². The van der Waals surface area contributed by atoms with Gasteiger partial charge in [-0.05, 0) is 24.1 Å². The van der Waals surface area contributed by atoms with E-state index in [9.17, 15) is 4.39 Å². The van der Waals surface area contributed by atoms with Gasteiger partial charge in [-0.2, -0.15) is 4.98 Å². The van der Waals surface area contributed by atoms with E-state index >= 15 is 0 Å². The number of nitrogens with zero attached hydrogens (tertiary/aromatic N) is 2. The van der Waals surface area contributed by atoms with Gasteiger partial charge in [0.05, 0.1) is 6.61 Å². The number of aromatic nitrogens is 2. The number of ether oxygens (including phenoxy) is 1. The summed E-state index contributed by atoms with van der Waals surface area (Å²) in [7, 11) is 0. The van der Waals surface area contributed by atoms with Crippen molar-refractivity contribution in [3.63, 3.8) is 0 Å². The lowest BCUT2D eigenvalue weighted by Crippen LogP contribution is -2.00. The van der Waals surface area contributed by atoms with Crippen LogP contribution >= 0.6 is 0 Å². The lowest BCUT2D eigenvalue weighted by atomic mass is 10.2. The Balaban J connectivity index is 1.97. The lowest BCUT2D eigenvalue weighted by Gasteiger charge is -2.05. The summed E-state index contributed by atoms with van der Waals surface area (Å²) in [6.45, 7) is 1.85. The summed E-state index contributed by atoms with van der Waals surface area (Å²) in [4.78, 5) is 4.11. The molecule has 0 amide bonds. The fourth-order valence-electron chi connectivity index (χ4n) is 1.57. The zero-order chi connectivity index (χ0) is 13.7. The third-order valence-electron chi connectivity index (χ3n) is 2.51. The average molecular weight is 266 g/mol. The molecule has 0 bridgehead atoms. The van der Waals surface area contributed by atoms with Gasteiger partial charge in [-0.15, -0.1) is 0 Å². The summed E-state index contributed by atoms with van der Waals surface area (Å²) >= 11 is 0. The molecule has 0 aliphatic carbocycles. The molecular weight excluding hydrogens is 251 g/mol. The van der Waals surface area contributed by atoms with Crippen molar-refractivity contribution in [1.29, 1.82) is 0 Å². The smallest absolute Gasteiger partial charge is 0.226 e. The Hall–Kier alpha value is -1.95. The molecule has 0 fully saturated rings. The second kappa shape index (κ2) is 6.29. The van der Waals surface area contributed by atoms with Crippen LogP contribution in [0.25, 0.3) is 0 Å². The third kappa shape index (κ3) is 3.51. The maximum absolute atomic E-state index is 13.6. The zero-order valence-electron chi connectivity index (χ0n) is 10.6. The second-order valence-electron chi connectivity index (χ2n) is 4.07. The van der Waals surface area contributed by atoms with Crippen molar-refractivity contribution in [3.8, 4) is 5.75 Å². The minimum atomic E-state index is -0.524. The van der Waals surface area contributed by atoms with Gasteiger partial charge in [-0.1, -0.05) is 18.1 Å². The minimum absolute atomic E-state index is 0.0443. The summed E-state index contributed by atoms with van der Waals surface area (Å²) < 4.78 is 23.8. The van der Waals surface area contributed by atoms with Crippen LogP contribution < -0.4 is 4.74 Å². The van der Waals surface area contributed by atoms with E-state index in [4.69, 9.17) is 14.4 Å². The van der Waals surface area contributed by atoms with Crippen molar-refractivity contribution < 1.29 is 18.8 Å². The Morgan fingerprint density at radius 2 is 2.26 bits per heavy atom. The molecule has 19 heavy (non-hydrogen) atoms. The SMILES string of the molecule is CCCc1nc(COc2ccc(CO)cc2F)no1. The van der Waals surface area contributed by atoms with Crippen molar-refractivity contribution in [2.45, 2.75) is 33.0 Å². The van der Waals surface area contributed by atoms with E-state index in [1.54, 1.807) is 6.07 Å². The van der Waals surface area contributed by atoms with Crippen LogP contribution in [0.1, 0.15) is 30.6 Å². The van der Waals surface area contributed by atoms with E-state index in [0.29, 0.717) is 23.7 Å². The van der Waals surface area contributed by atoms with Crippen LogP contribution in [0, 0.1) is 5.82 Å². The van der Waals surface area contributed by atoms with Gasteiger partial charge in [-0.3, -0.25) is 0 Å². The molecule has 0 radical (unpaired) electrons. The highest BCUT2D eigenvalue weighted by atomic mass is 19.1. The number of aliphatic hydroxyl groups excluding tert-OH is 1. The fourth-order valence-corrected chi connectivity index (χ4v) is 1.57. The predicted octanol–water partition coefficient (Wildman–Crippen LogP) is 2.23. The van der Waals surface area contributed by atoms with Crippen LogP contribution in [0.15, 0.2) is 22.7 Å². The molecule has 0 aliphatic rings. The molecule has 5 nitrogen and oxygen atoms in total. The number of benzene rings is 1. The monoisotopic (exact) mass is 266 g/mol. The molecule has 0 atom stereocenters. The van der Waals surface area contributed by atoms with Gasteiger partial charge in [0.15, 0.2) is 18.2 Å². The highest BCUT2D eigenvalue weighted by Crippen LogP contribution is 2.19. The van der Waals surface area contributed by atoms with Crippen molar-refractivity contribution in [3.05, 3.63) is 41.3 Å².